The summed E-state index contributed by atoms with van der Waals surface area (Å²) in [5.41, 5.74) is -0.705. The first-order valence-electron chi connectivity index (χ1n) is 6.08. The van der Waals surface area contributed by atoms with Crippen molar-refractivity contribution in [2.75, 3.05) is 0 Å². The summed E-state index contributed by atoms with van der Waals surface area (Å²) in [5.74, 6) is -0.543. The van der Waals surface area contributed by atoms with E-state index in [1.54, 1.807) is 11.3 Å². The summed E-state index contributed by atoms with van der Waals surface area (Å²) in [4.78, 5) is 28.5. The van der Waals surface area contributed by atoms with Crippen LogP contribution in [0.5, 0.6) is 0 Å². The molecule has 0 spiro atoms. The third kappa shape index (κ3) is 3.77. The van der Waals surface area contributed by atoms with E-state index in [-0.39, 0.29) is 0 Å². The van der Waals surface area contributed by atoms with Gasteiger partial charge in [0.1, 0.15) is 0 Å². The second kappa shape index (κ2) is 6.81. The summed E-state index contributed by atoms with van der Waals surface area (Å²) in [5, 5.41) is 2.92. The van der Waals surface area contributed by atoms with Crippen LogP contribution in [0.2, 0.25) is 0 Å². The lowest BCUT2D eigenvalue weighted by Crippen LogP contribution is -2.31. The fourth-order valence-electron chi connectivity index (χ4n) is 1.73. The van der Waals surface area contributed by atoms with Crippen molar-refractivity contribution >= 4 is 22.9 Å². The summed E-state index contributed by atoms with van der Waals surface area (Å²) in [6, 6.07) is 0. The number of hydrogen-bond acceptors (Lipinski definition) is 4. The van der Waals surface area contributed by atoms with Crippen LogP contribution in [0, 0.1) is 5.82 Å². The Labute approximate surface area is 123 Å². The van der Waals surface area contributed by atoms with Gasteiger partial charge in [-0.25, -0.2) is 9.78 Å². The first-order valence-corrected chi connectivity index (χ1v) is 7.50. The molecule has 1 N–H and O–H groups in total. The third-order valence-electron chi connectivity index (χ3n) is 2.74. The predicted octanol–water partition coefficient (Wildman–Crippen LogP) is 1.89. The Bertz CT molecular complexity index is 694. The first kappa shape index (κ1) is 14.9. The maximum absolute atomic E-state index is 13.1. The SMILES string of the molecule is O=c1[nH]c(=O)n(CCCCc2nc(CCl)cs2)cc1F. The zero-order chi connectivity index (χ0) is 14.5. The van der Waals surface area contributed by atoms with E-state index in [0.29, 0.717) is 18.8 Å². The highest BCUT2D eigenvalue weighted by molar-refractivity contribution is 7.09. The largest absolute Gasteiger partial charge is 0.328 e. The first-order chi connectivity index (χ1) is 9.60. The molecule has 0 aliphatic heterocycles. The normalized spacial score (nSPS) is 10.9. The molecule has 20 heavy (non-hydrogen) atoms. The van der Waals surface area contributed by atoms with Crippen LogP contribution in [0.4, 0.5) is 4.39 Å². The van der Waals surface area contributed by atoms with Crippen LogP contribution in [-0.4, -0.2) is 14.5 Å². The van der Waals surface area contributed by atoms with Crippen molar-refractivity contribution in [3.8, 4) is 0 Å². The van der Waals surface area contributed by atoms with Crippen molar-refractivity contribution in [2.45, 2.75) is 31.7 Å². The fraction of sp³-hybridized carbons (Fsp3) is 0.417. The minimum atomic E-state index is -0.984. The molecule has 2 rings (SSSR count). The predicted molar refractivity (Wildman–Crippen MR) is 75.9 cm³/mol. The average Bonchev–Trinajstić information content (AvgIpc) is 2.88. The number of nitrogens with zero attached hydrogens (tertiary/aromatic N) is 2. The second-order valence-electron chi connectivity index (χ2n) is 4.25. The molecule has 5 nitrogen and oxygen atoms in total. The van der Waals surface area contributed by atoms with E-state index in [1.165, 1.54) is 4.57 Å². The number of nitrogens with one attached hydrogen (secondary N) is 1. The molecule has 0 aliphatic rings. The van der Waals surface area contributed by atoms with E-state index in [4.69, 9.17) is 11.6 Å². The Balaban J connectivity index is 1.86. The summed E-state index contributed by atoms with van der Waals surface area (Å²) in [6.07, 6.45) is 3.25. The van der Waals surface area contributed by atoms with Gasteiger partial charge in [-0.1, -0.05) is 0 Å². The van der Waals surface area contributed by atoms with Gasteiger partial charge in [0.15, 0.2) is 0 Å². The van der Waals surface area contributed by atoms with Gasteiger partial charge in [-0.15, -0.1) is 22.9 Å². The molecule has 0 bridgehead atoms. The van der Waals surface area contributed by atoms with Crippen LogP contribution < -0.4 is 11.2 Å². The smallest absolute Gasteiger partial charge is 0.298 e. The van der Waals surface area contributed by atoms with Gasteiger partial charge in [-0.05, 0) is 19.3 Å². The van der Waals surface area contributed by atoms with E-state index in [0.717, 1.165) is 29.7 Å². The monoisotopic (exact) mass is 317 g/mol. The highest BCUT2D eigenvalue weighted by Crippen LogP contribution is 2.14. The number of aromatic nitrogens is 3. The van der Waals surface area contributed by atoms with E-state index < -0.39 is 17.1 Å². The highest BCUT2D eigenvalue weighted by atomic mass is 35.5. The highest BCUT2D eigenvalue weighted by Gasteiger charge is 2.04. The molecule has 0 saturated carbocycles. The molecule has 2 aromatic rings. The molecule has 108 valence electrons. The Morgan fingerprint density at radius 1 is 1.40 bits per heavy atom. The van der Waals surface area contributed by atoms with E-state index in [2.05, 4.69) is 4.98 Å². The van der Waals surface area contributed by atoms with Crippen molar-refractivity contribution in [1.29, 1.82) is 0 Å². The van der Waals surface area contributed by atoms with Gasteiger partial charge in [0.25, 0.3) is 5.56 Å². The number of alkyl halides is 1. The number of aryl methyl sites for hydroxylation is 2. The summed E-state index contributed by atoms with van der Waals surface area (Å²) < 4.78 is 14.2. The molecule has 0 radical (unpaired) electrons. The lowest BCUT2D eigenvalue weighted by Gasteiger charge is -2.04. The zero-order valence-corrected chi connectivity index (χ0v) is 12.1. The van der Waals surface area contributed by atoms with Crippen LogP contribution in [0.3, 0.4) is 0 Å². The van der Waals surface area contributed by atoms with E-state index in [1.807, 2.05) is 10.4 Å². The summed E-state index contributed by atoms with van der Waals surface area (Å²) >= 11 is 7.22. The van der Waals surface area contributed by atoms with Crippen LogP contribution in [0.25, 0.3) is 0 Å². The quantitative estimate of drug-likeness (QED) is 0.653. The van der Waals surface area contributed by atoms with Crippen molar-refractivity contribution in [1.82, 2.24) is 14.5 Å². The average molecular weight is 318 g/mol. The van der Waals surface area contributed by atoms with Crippen LogP contribution in [0.15, 0.2) is 21.2 Å². The molecule has 2 heterocycles. The van der Waals surface area contributed by atoms with Gasteiger partial charge in [0, 0.05) is 11.9 Å². The van der Waals surface area contributed by atoms with Gasteiger partial charge >= 0.3 is 5.69 Å². The molecule has 0 amide bonds. The second-order valence-corrected chi connectivity index (χ2v) is 5.46. The lowest BCUT2D eigenvalue weighted by atomic mass is 10.2. The topological polar surface area (TPSA) is 67.8 Å². The van der Waals surface area contributed by atoms with Gasteiger partial charge in [0.05, 0.1) is 22.8 Å². The lowest BCUT2D eigenvalue weighted by molar-refractivity contribution is 0.529. The molecule has 2 aromatic heterocycles. The van der Waals surface area contributed by atoms with Gasteiger partial charge in [-0.2, -0.15) is 4.39 Å². The number of halogens is 2. The van der Waals surface area contributed by atoms with E-state index >= 15 is 0 Å². The van der Waals surface area contributed by atoms with E-state index in [9.17, 15) is 14.0 Å². The Morgan fingerprint density at radius 3 is 2.90 bits per heavy atom. The van der Waals surface area contributed by atoms with Crippen molar-refractivity contribution in [3.63, 3.8) is 0 Å². The molecule has 8 heteroatoms. The third-order valence-corrected chi connectivity index (χ3v) is 3.97. The Hall–Kier alpha value is -1.47. The standard InChI is InChI=1S/C12H13ClFN3O2S/c13-5-8-7-20-10(15-8)3-1-2-4-17-6-9(14)11(18)16-12(17)19/h6-7H,1-5H2,(H,16,18,19). The maximum Gasteiger partial charge on any atom is 0.328 e. The van der Waals surface area contributed by atoms with Gasteiger partial charge in [-0.3, -0.25) is 14.3 Å². The van der Waals surface area contributed by atoms with Crippen LogP contribution in [0.1, 0.15) is 23.5 Å². The summed E-state index contributed by atoms with van der Waals surface area (Å²) in [6.45, 7) is 0.361. The van der Waals surface area contributed by atoms with Crippen LogP contribution >= 0.6 is 22.9 Å². The zero-order valence-electron chi connectivity index (χ0n) is 10.6. The molecular formula is C12H13ClFN3O2S. The number of hydrogen-bond donors (Lipinski definition) is 1. The Kier molecular flexibility index (Phi) is 5.08. The maximum atomic E-state index is 13.1. The van der Waals surface area contributed by atoms with Crippen LogP contribution in [-0.2, 0) is 18.8 Å². The molecule has 0 unspecified atom stereocenters. The number of H-pyrrole nitrogens is 1. The Morgan fingerprint density at radius 2 is 2.20 bits per heavy atom. The number of unbranched alkanes of at least 4 members (excludes halogenated alkanes) is 1. The van der Waals surface area contributed by atoms with Crippen molar-refractivity contribution < 1.29 is 4.39 Å². The number of rotatable bonds is 6. The molecule has 0 aliphatic carbocycles. The van der Waals surface area contributed by atoms with Gasteiger partial charge < -0.3 is 0 Å². The number of thiazole rings is 1. The molecule has 0 saturated heterocycles. The molecular weight excluding hydrogens is 305 g/mol. The number of aromatic amines is 1. The molecule has 0 fully saturated rings. The minimum Gasteiger partial charge on any atom is -0.298 e. The fourth-order valence-corrected chi connectivity index (χ4v) is 2.80. The van der Waals surface area contributed by atoms with Crippen molar-refractivity contribution in [2.24, 2.45) is 0 Å². The van der Waals surface area contributed by atoms with Gasteiger partial charge in [0.2, 0.25) is 5.82 Å². The summed E-state index contributed by atoms with van der Waals surface area (Å²) in [7, 11) is 0. The molecule has 0 atom stereocenters. The molecule has 0 aromatic carbocycles. The van der Waals surface area contributed by atoms with Crippen molar-refractivity contribution in [3.05, 3.63) is 48.9 Å². The minimum absolute atomic E-state index is 0.361.